The lowest BCUT2D eigenvalue weighted by Gasteiger charge is -2.44. The molecule has 0 saturated carbocycles. The molecule has 3 aliphatic heterocycles. The summed E-state index contributed by atoms with van der Waals surface area (Å²) in [4.78, 5) is 26.9. The number of rotatable bonds is 3. The first kappa shape index (κ1) is 18.3. The molecular formula is C21H28N2O4. The Hall–Kier alpha value is -2.08. The van der Waals surface area contributed by atoms with Crippen LogP contribution in [0.4, 0.5) is 0 Å². The van der Waals surface area contributed by atoms with Crippen LogP contribution in [0.1, 0.15) is 51.1 Å². The summed E-state index contributed by atoms with van der Waals surface area (Å²) in [5.41, 5.74) is 0.744. The molecule has 27 heavy (non-hydrogen) atoms. The molecule has 6 heteroatoms. The van der Waals surface area contributed by atoms with Crippen molar-refractivity contribution in [3.05, 3.63) is 29.8 Å². The number of ether oxygens (including phenoxy) is 2. The van der Waals surface area contributed by atoms with E-state index in [0.717, 1.165) is 30.6 Å². The third-order valence-electron chi connectivity index (χ3n) is 6.07. The molecular weight excluding hydrogens is 344 g/mol. The average Bonchev–Trinajstić information content (AvgIpc) is 3.04. The van der Waals surface area contributed by atoms with Crippen LogP contribution >= 0.6 is 0 Å². The third kappa shape index (κ3) is 3.55. The van der Waals surface area contributed by atoms with Crippen molar-refractivity contribution in [3.8, 4) is 5.75 Å². The Balaban J connectivity index is 1.52. The molecule has 1 aromatic carbocycles. The van der Waals surface area contributed by atoms with Crippen molar-refractivity contribution in [1.82, 2.24) is 10.2 Å². The van der Waals surface area contributed by atoms with Gasteiger partial charge in [-0.2, -0.15) is 0 Å². The average molecular weight is 372 g/mol. The highest BCUT2D eigenvalue weighted by Crippen LogP contribution is 2.44. The zero-order chi connectivity index (χ0) is 19.0. The lowest BCUT2D eigenvalue weighted by Crippen LogP contribution is -2.49. The van der Waals surface area contributed by atoms with Gasteiger partial charge in [0.25, 0.3) is 0 Å². The molecule has 1 N–H and O–H groups in total. The van der Waals surface area contributed by atoms with Gasteiger partial charge in [-0.05, 0) is 19.9 Å². The summed E-state index contributed by atoms with van der Waals surface area (Å²) in [6, 6.07) is 7.97. The molecule has 2 fully saturated rings. The first-order valence-electron chi connectivity index (χ1n) is 9.93. The molecule has 3 aliphatic rings. The Morgan fingerprint density at radius 2 is 2.00 bits per heavy atom. The van der Waals surface area contributed by atoms with Crippen LogP contribution in [0.5, 0.6) is 5.75 Å². The van der Waals surface area contributed by atoms with E-state index in [1.165, 1.54) is 0 Å². The second-order valence-corrected chi connectivity index (χ2v) is 8.24. The van der Waals surface area contributed by atoms with Crippen LogP contribution in [0, 0.1) is 5.92 Å². The molecule has 6 nitrogen and oxygen atoms in total. The zero-order valence-corrected chi connectivity index (χ0v) is 16.1. The van der Waals surface area contributed by atoms with Gasteiger partial charge in [-0.25, -0.2) is 0 Å². The van der Waals surface area contributed by atoms with Crippen molar-refractivity contribution >= 4 is 11.8 Å². The van der Waals surface area contributed by atoms with Crippen molar-refractivity contribution in [1.29, 1.82) is 0 Å². The van der Waals surface area contributed by atoms with Crippen LogP contribution in [0.15, 0.2) is 24.3 Å². The van der Waals surface area contributed by atoms with Gasteiger partial charge in [0.1, 0.15) is 11.4 Å². The van der Waals surface area contributed by atoms with Gasteiger partial charge in [-0.1, -0.05) is 18.2 Å². The number of carbonyl (C=O) groups is 2. The fraction of sp³-hybridized carbons (Fsp3) is 0.619. The second-order valence-electron chi connectivity index (χ2n) is 8.24. The molecule has 4 rings (SSSR count). The minimum Gasteiger partial charge on any atom is -0.487 e. The molecule has 0 bridgehead atoms. The Morgan fingerprint density at radius 3 is 2.70 bits per heavy atom. The van der Waals surface area contributed by atoms with Crippen molar-refractivity contribution in [3.63, 3.8) is 0 Å². The van der Waals surface area contributed by atoms with Crippen LogP contribution in [0.2, 0.25) is 0 Å². The number of nitrogens with zero attached hydrogens (tertiary/aromatic N) is 1. The summed E-state index contributed by atoms with van der Waals surface area (Å²) in [5.74, 6) is 0.608. The van der Waals surface area contributed by atoms with Gasteiger partial charge in [-0.3, -0.25) is 9.59 Å². The van der Waals surface area contributed by atoms with E-state index in [9.17, 15) is 9.59 Å². The summed E-state index contributed by atoms with van der Waals surface area (Å²) >= 11 is 0. The SMILES string of the molecule is CC(C)N1C[C@H](C(=O)N[C@@H]2CC3(CCOCC3)Oc3ccccc32)CC1=O. The summed E-state index contributed by atoms with van der Waals surface area (Å²) < 4.78 is 11.9. The smallest absolute Gasteiger partial charge is 0.225 e. The maximum atomic E-state index is 13.0. The van der Waals surface area contributed by atoms with Crippen LogP contribution in [-0.4, -0.2) is 48.1 Å². The highest BCUT2D eigenvalue weighted by Gasteiger charge is 2.44. The van der Waals surface area contributed by atoms with E-state index in [-0.39, 0.29) is 35.4 Å². The summed E-state index contributed by atoms with van der Waals surface area (Å²) in [6.07, 6.45) is 2.70. The lowest BCUT2D eigenvalue weighted by molar-refractivity contribution is -0.130. The highest BCUT2D eigenvalue weighted by atomic mass is 16.5. The molecule has 1 aromatic rings. The van der Waals surface area contributed by atoms with Gasteiger partial charge in [0.2, 0.25) is 11.8 Å². The van der Waals surface area contributed by atoms with Crippen LogP contribution < -0.4 is 10.1 Å². The molecule has 2 amide bonds. The van der Waals surface area contributed by atoms with Crippen LogP contribution in [0.3, 0.4) is 0 Å². The molecule has 0 aromatic heterocycles. The second kappa shape index (κ2) is 7.15. The van der Waals surface area contributed by atoms with E-state index >= 15 is 0 Å². The first-order valence-corrected chi connectivity index (χ1v) is 9.93. The van der Waals surface area contributed by atoms with Crippen molar-refractivity contribution in [2.45, 2.75) is 57.2 Å². The van der Waals surface area contributed by atoms with E-state index in [4.69, 9.17) is 9.47 Å². The largest absolute Gasteiger partial charge is 0.487 e. The van der Waals surface area contributed by atoms with Crippen molar-refractivity contribution in [2.24, 2.45) is 5.92 Å². The first-order chi connectivity index (χ1) is 13.0. The minimum absolute atomic E-state index is 0.0320. The normalized spacial score (nSPS) is 26.8. The molecule has 2 atom stereocenters. The highest BCUT2D eigenvalue weighted by molar-refractivity contribution is 5.89. The predicted molar refractivity (Wildman–Crippen MR) is 100 cm³/mol. The topological polar surface area (TPSA) is 67.9 Å². The standard InChI is InChI=1S/C21H28N2O4/c1-14(2)23-13-15(11-19(23)24)20(25)22-17-12-21(7-9-26-10-8-21)27-18-6-4-3-5-16(17)18/h3-6,14-15,17H,7-13H2,1-2H3,(H,22,25)/t15-,17-/m1/s1. The van der Waals surface area contributed by atoms with E-state index in [1.54, 1.807) is 4.90 Å². The van der Waals surface area contributed by atoms with E-state index < -0.39 is 0 Å². The van der Waals surface area contributed by atoms with Crippen molar-refractivity contribution < 1.29 is 19.1 Å². The molecule has 146 valence electrons. The maximum absolute atomic E-state index is 13.0. The van der Waals surface area contributed by atoms with Crippen LogP contribution in [0.25, 0.3) is 0 Å². The molecule has 0 unspecified atom stereocenters. The summed E-state index contributed by atoms with van der Waals surface area (Å²) in [5, 5.41) is 3.23. The fourth-order valence-corrected chi connectivity index (χ4v) is 4.49. The predicted octanol–water partition coefficient (Wildman–Crippen LogP) is 2.43. The number of para-hydroxylation sites is 1. The van der Waals surface area contributed by atoms with Gasteiger partial charge in [-0.15, -0.1) is 0 Å². The van der Waals surface area contributed by atoms with E-state index in [2.05, 4.69) is 5.32 Å². The lowest BCUT2D eigenvalue weighted by atomic mass is 9.82. The fourth-order valence-electron chi connectivity index (χ4n) is 4.49. The number of amides is 2. The number of likely N-dealkylation sites (tertiary alicyclic amines) is 1. The van der Waals surface area contributed by atoms with Gasteiger partial charge >= 0.3 is 0 Å². The number of nitrogens with one attached hydrogen (secondary N) is 1. The van der Waals surface area contributed by atoms with E-state index in [0.29, 0.717) is 26.2 Å². The molecule has 1 spiro atoms. The monoisotopic (exact) mass is 372 g/mol. The Morgan fingerprint density at radius 1 is 1.26 bits per heavy atom. The summed E-state index contributed by atoms with van der Waals surface area (Å²) in [6.45, 7) is 5.85. The third-order valence-corrected chi connectivity index (χ3v) is 6.07. The Bertz CT molecular complexity index is 727. The molecule has 2 saturated heterocycles. The number of benzene rings is 1. The molecule has 3 heterocycles. The van der Waals surface area contributed by atoms with Gasteiger partial charge < -0.3 is 19.7 Å². The maximum Gasteiger partial charge on any atom is 0.225 e. The van der Waals surface area contributed by atoms with Gasteiger partial charge in [0, 0.05) is 43.8 Å². The minimum atomic E-state index is -0.278. The van der Waals surface area contributed by atoms with Gasteiger partial charge in [0.05, 0.1) is 25.2 Å². The number of fused-ring (bicyclic) bond motifs is 1. The zero-order valence-electron chi connectivity index (χ0n) is 16.1. The van der Waals surface area contributed by atoms with Gasteiger partial charge in [0.15, 0.2) is 0 Å². The number of hydrogen-bond donors (Lipinski definition) is 1. The van der Waals surface area contributed by atoms with E-state index in [1.807, 2.05) is 38.1 Å². The van der Waals surface area contributed by atoms with Crippen molar-refractivity contribution in [2.75, 3.05) is 19.8 Å². The summed E-state index contributed by atoms with van der Waals surface area (Å²) in [7, 11) is 0. The number of carbonyl (C=O) groups excluding carboxylic acids is 2. The number of hydrogen-bond acceptors (Lipinski definition) is 4. The Kier molecular flexibility index (Phi) is 4.84. The molecule has 0 radical (unpaired) electrons. The van der Waals surface area contributed by atoms with Crippen LogP contribution in [-0.2, 0) is 14.3 Å². The Labute approximate surface area is 160 Å². The quantitative estimate of drug-likeness (QED) is 0.885. The molecule has 0 aliphatic carbocycles.